The highest BCUT2D eigenvalue weighted by Crippen LogP contribution is 2.20. The highest BCUT2D eigenvalue weighted by molar-refractivity contribution is 6.03. The van der Waals surface area contributed by atoms with Gasteiger partial charge in [0.05, 0.1) is 24.6 Å². The number of anilines is 2. The molecule has 0 radical (unpaired) electrons. The lowest BCUT2D eigenvalue weighted by Crippen LogP contribution is -2.37. The van der Waals surface area contributed by atoms with Crippen LogP contribution < -0.4 is 10.2 Å². The average molecular weight is 340 g/mol. The van der Waals surface area contributed by atoms with Gasteiger partial charge in [0.15, 0.2) is 11.3 Å². The third kappa shape index (κ3) is 3.15. The van der Waals surface area contributed by atoms with E-state index in [0.29, 0.717) is 35.8 Å². The van der Waals surface area contributed by atoms with Gasteiger partial charge in [0.25, 0.3) is 5.91 Å². The van der Waals surface area contributed by atoms with E-state index in [4.69, 9.17) is 0 Å². The summed E-state index contributed by atoms with van der Waals surface area (Å²) in [5.41, 5.74) is 1.47. The molecule has 0 saturated carbocycles. The maximum absolute atomic E-state index is 13.7. The molecule has 1 fully saturated rings. The molecule has 0 aromatic carbocycles. The number of nitrogens with zero attached hydrogens (tertiary/aromatic N) is 5. The predicted octanol–water partition coefficient (Wildman–Crippen LogP) is 2.31. The summed E-state index contributed by atoms with van der Waals surface area (Å²) in [6.07, 6.45) is 5.21. The van der Waals surface area contributed by atoms with E-state index >= 15 is 0 Å². The number of halogens is 1. The highest BCUT2D eigenvalue weighted by atomic mass is 19.1. The molecular formula is C17H17FN6O. The largest absolute Gasteiger partial charge is 0.352 e. The van der Waals surface area contributed by atoms with Gasteiger partial charge in [-0.25, -0.2) is 13.9 Å². The Hall–Kier alpha value is -3.03. The molecule has 1 saturated heterocycles. The third-order valence-electron chi connectivity index (χ3n) is 4.19. The Morgan fingerprint density at radius 1 is 1.28 bits per heavy atom. The molecule has 8 heteroatoms. The van der Waals surface area contributed by atoms with Crippen LogP contribution in [0.5, 0.6) is 0 Å². The standard InChI is InChI=1S/C17H17FN6O/c18-12-3-2-8-23(11-12)16-6-5-15-20-10-14(24(15)22-16)17(25)21-13-4-1-7-19-9-13/h1,4-7,9-10,12H,2-3,8,11H2,(H,21,25)/t12-/m0/s1. The van der Waals surface area contributed by atoms with Crippen LogP contribution in [-0.2, 0) is 0 Å². The van der Waals surface area contributed by atoms with Gasteiger partial charge in [-0.05, 0) is 37.1 Å². The molecule has 0 bridgehead atoms. The van der Waals surface area contributed by atoms with Crippen molar-refractivity contribution < 1.29 is 9.18 Å². The van der Waals surface area contributed by atoms with Gasteiger partial charge in [-0.2, -0.15) is 0 Å². The molecule has 0 aliphatic carbocycles. The fourth-order valence-corrected chi connectivity index (χ4v) is 2.95. The van der Waals surface area contributed by atoms with Gasteiger partial charge in [-0.15, -0.1) is 5.10 Å². The quantitative estimate of drug-likeness (QED) is 0.792. The van der Waals surface area contributed by atoms with Crippen molar-refractivity contribution in [3.05, 3.63) is 48.5 Å². The van der Waals surface area contributed by atoms with Crippen molar-refractivity contribution in [2.45, 2.75) is 19.0 Å². The number of imidazole rings is 1. The molecule has 128 valence electrons. The second-order valence-electron chi connectivity index (χ2n) is 5.99. The van der Waals surface area contributed by atoms with Crippen molar-refractivity contribution in [3.8, 4) is 0 Å². The number of hydrogen-bond donors (Lipinski definition) is 1. The van der Waals surface area contributed by atoms with Gasteiger partial charge < -0.3 is 10.2 Å². The summed E-state index contributed by atoms with van der Waals surface area (Å²) in [7, 11) is 0. The first kappa shape index (κ1) is 15.5. The van der Waals surface area contributed by atoms with Crippen molar-refractivity contribution in [2.75, 3.05) is 23.3 Å². The first-order valence-electron chi connectivity index (χ1n) is 8.16. The van der Waals surface area contributed by atoms with Crippen LogP contribution in [0.25, 0.3) is 5.65 Å². The maximum atomic E-state index is 13.7. The monoisotopic (exact) mass is 340 g/mol. The van der Waals surface area contributed by atoms with E-state index < -0.39 is 6.17 Å². The van der Waals surface area contributed by atoms with Gasteiger partial charge in [-0.3, -0.25) is 9.78 Å². The van der Waals surface area contributed by atoms with Crippen LogP contribution in [0.15, 0.2) is 42.9 Å². The molecule has 4 heterocycles. The molecule has 0 unspecified atom stereocenters. The Morgan fingerprint density at radius 2 is 2.20 bits per heavy atom. The first-order valence-corrected chi connectivity index (χ1v) is 8.16. The topological polar surface area (TPSA) is 75.4 Å². The number of amides is 1. The summed E-state index contributed by atoms with van der Waals surface area (Å²) in [6, 6.07) is 7.08. The number of carbonyl (C=O) groups is 1. The lowest BCUT2D eigenvalue weighted by Gasteiger charge is -2.29. The van der Waals surface area contributed by atoms with Crippen molar-refractivity contribution in [1.29, 1.82) is 0 Å². The summed E-state index contributed by atoms with van der Waals surface area (Å²) >= 11 is 0. The SMILES string of the molecule is O=C(Nc1cccnc1)c1cnc2ccc(N3CCC[C@H](F)C3)nn12. The Morgan fingerprint density at radius 3 is 3.00 bits per heavy atom. The van der Waals surface area contributed by atoms with Crippen LogP contribution in [0.1, 0.15) is 23.3 Å². The summed E-state index contributed by atoms with van der Waals surface area (Å²) in [6.45, 7) is 1.08. The molecule has 3 aromatic rings. The number of hydrogen-bond acceptors (Lipinski definition) is 5. The molecule has 25 heavy (non-hydrogen) atoms. The van der Waals surface area contributed by atoms with Crippen LogP contribution in [0.3, 0.4) is 0 Å². The molecule has 4 rings (SSSR count). The number of piperidine rings is 1. The number of pyridine rings is 1. The van der Waals surface area contributed by atoms with Crippen molar-refractivity contribution in [1.82, 2.24) is 19.6 Å². The Labute approximate surface area is 143 Å². The van der Waals surface area contributed by atoms with Gasteiger partial charge in [0, 0.05) is 12.7 Å². The Kier molecular flexibility index (Phi) is 4.01. The Balaban J connectivity index is 1.63. The second-order valence-corrected chi connectivity index (χ2v) is 5.99. The number of fused-ring (bicyclic) bond motifs is 1. The molecule has 1 aliphatic heterocycles. The summed E-state index contributed by atoms with van der Waals surface area (Å²) in [5, 5.41) is 7.26. The zero-order valence-corrected chi connectivity index (χ0v) is 13.5. The van der Waals surface area contributed by atoms with E-state index in [1.54, 1.807) is 30.6 Å². The van der Waals surface area contributed by atoms with E-state index in [2.05, 4.69) is 20.4 Å². The summed E-state index contributed by atoms with van der Waals surface area (Å²) in [4.78, 5) is 22.6. The lowest BCUT2D eigenvalue weighted by molar-refractivity contribution is 0.102. The molecule has 1 aliphatic rings. The minimum absolute atomic E-state index is 0.314. The fourth-order valence-electron chi connectivity index (χ4n) is 2.95. The van der Waals surface area contributed by atoms with Gasteiger partial charge >= 0.3 is 0 Å². The maximum Gasteiger partial charge on any atom is 0.276 e. The molecule has 0 spiro atoms. The fraction of sp³-hybridized carbons (Fsp3) is 0.294. The van der Waals surface area contributed by atoms with E-state index in [0.717, 1.165) is 13.0 Å². The van der Waals surface area contributed by atoms with Gasteiger partial charge in [-0.1, -0.05) is 0 Å². The Bertz CT molecular complexity index is 897. The van der Waals surface area contributed by atoms with Gasteiger partial charge in [0.1, 0.15) is 12.0 Å². The average Bonchev–Trinajstić information content (AvgIpc) is 3.06. The molecular weight excluding hydrogens is 323 g/mol. The van der Waals surface area contributed by atoms with E-state index in [1.165, 1.54) is 10.7 Å². The molecule has 1 atom stereocenters. The van der Waals surface area contributed by atoms with Crippen LogP contribution in [0.4, 0.5) is 15.9 Å². The first-order chi connectivity index (χ1) is 12.2. The summed E-state index contributed by atoms with van der Waals surface area (Å²) in [5.74, 6) is 0.315. The summed E-state index contributed by atoms with van der Waals surface area (Å²) < 4.78 is 15.2. The molecule has 1 amide bonds. The highest BCUT2D eigenvalue weighted by Gasteiger charge is 2.21. The number of carbonyl (C=O) groups excluding carboxylic acids is 1. The van der Waals surface area contributed by atoms with Crippen molar-refractivity contribution >= 4 is 23.1 Å². The minimum Gasteiger partial charge on any atom is -0.352 e. The number of alkyl halides is 1. The number of nitrogens with one attached hydrogen (secondary N) is 1. The van der Waals surface area contributed by atoms with Crippen molar-refractivity contribution in [2.24, 2.45) is 0 Å². The van der Waals surface area contributed by atoms with Gasteiger partial charge in [0.2, 0.25) is 0 Å². The van der Waals surface area contributed by atoms with Crippen LogP contribution in [0, 0.1) is 0 Å². The number of aromatic nitrogens is 4. The predicted molar refractivity (Wildman–Crippen MR) is 91.5 cm³/mol. The van der Waals surface area contributed by atoms with Crippen LogP contribution in [0.2, 0.25) is 0 Å². The van der Waals surface area contributed by atoms with Crippen LogP contribution in [-0.4, -0.2) is 44.8 Å². The molecule has 3 aromatic heterocycles. The van der Waals surface area contributed by atoms with Crippen molar-refractivity contribution in [3.63, 3.8) is 0 Å². The smallest absolute Gasteiger partial charge is 0.276 e. The zero-order chi connectivity index (χ0) is 17.2. The minimum atomic E-state index is -0.845. The molecule has 1 N–H and O–H groups in total. The molecule has 7 nitrogen and oxygen atoms in total. The van der Waals surface area contributed by atoms with E-state index in [9.17, 15) is 9.18 Å². The zero-order valence-electron chi connectivity index (χ0n) is 13.5. The van der Waals surface area contributed by atoms with E-state index in [-0.39, 0.29) is 5.91 Å². The lowest BCUT2D eigenvalue weighted by atomic mass is 10.1. The van der Waals surface area contributed by atoms with E-state index in [1.807, 2.05) is 11.0 Å². The second kappa shape index (κ2) is 6.46. The third-order valence-corrected chi connectivity index (χ3v) is 4.19. The number of rotatable bonds is 3. The normalized spacial score (nSPS) is 17.6. The van der Waals surface area contributed by atoms with Crippen LogP contribution >= 0.6 is 0 Å².